The number of hydrogen-bond acceptors (Lipinski definition) is 0. The fraction of sp³-hybridized carbons (Fsp3) is 0.429. The molecule has 0 saturated carbocycles. The van der Waals surface area contributed by atoms with E-state index in [4.69, 9.17) is 0 Å². The number of unbranched alkanes of at least 4 members (excludes halogenated alkanes) is 3. The van der Waals surface area contributed by atoms with Gasteiger partial charge in [-0.15, -0.1) is 5.54 Å². The van der Waals surface area contributed by atoms with E-state index in [2.05, 4.69) is 30.5 Å². The maximum atomic E-state index is 3.37. The summed E-state index contributed by atoms with van der Waals surface area (Å²) >= 11 is 0. The Balaban J connectivity index is 2.12. The van der Waals surface area contributed by atoms with Gasteiger partial charge in [0.15, 0.2) is 0 Å². The third kappa shape index (κ3) is 6.14. The van der Waals surface area contributed by atoms with E-state index in [1.807, 2.05) is 18.2 Å². The first kappa shape index (κ1) is 12.1. The van der Waals surface area contributed by atoms with Crippen LogP contribution in [-0.4, -0.2) is 9.52 Å². The maximum absolute atomic E-state index is 3.37. The molecular weight excluding hydrogens is 196 g/mol. The van der Waals surface area contributed by atoms with Gasteiger partial charge in [0.25, 0.3) is 0 Å². The minimum absolute atomic E-state index is 0.122. The lowest BCUT2D eigenvalue weighted by Gasteiger charge is -1.94. The van der Waals surface area contributed by atoms with Crippen molar-refractivity contribution in [2.24, 2.45) is 0 Å². The molecule has 0 fully saturated rings. The van der Waals surface area contributed by atoms with Crippen molar-refractivity contribution in [2.45, 2.75) is 38.7 Å². The summed E-state index contributed by atoms with van der Waals surface area (Å²) in [5, 5.41) is 0. The monoisotopic (exact) mass is 216 g/mol. The number of rotatable bonds is 5. The molecule has 0 nitrogen and oxygen atoms in total. The SMILES string of the molecule is CCCCCC[SiH2]C#Cc1ccccc1. The second-order valence-electron chi connectivity index (χ2n) is 3.83. The highest BCUT2D eigenvalue weighted by atomic mass is 28.2. The van der Waals surface area contributed by atoms with Crippen LogP contribution in [0.3, 0.4) is 0 Å². The van der Waals surface area contributed by atoms with Crippen LogP contribution in [-0.2, 0) is 0 Å². The molecule has 0 bridgehead atoms. The minimum Gasteiger partial charge on any atom is -0.134 e. The fourth-order valence-electron chi connectivity index (χ4n) is 1.50. The smallest absolute Gasteiger partial charge is 0.107 e. The van der Waals surface area contributed by atoms with Gasteiger partial charge in [-0.2, -0.15) is 0 Å². The van der Waals surface area contributed by atoms with Gasteiger partial charge >= 0.3 is 0 Å². The van der Waals surface area contributed by atoms with Gasteiger partial charge in [0.05, 0.1) is 0 Å². The topological polar surface area (TPSA) is 0 Å². The number of hydrogen-bond donors (Lipinski definition) is 0. The van der Waals surface area contributed by atoms with Gasteiger partial charge in [0.1, 0.15) is 9.52 Å². The van der Waals surface area contributed by atoms with Gasteiger partial charge in [0.2, 0.25) is 0 Å². The molecule has 1 aromatic carbocycles. The van der Waals surface area contributed by atoms with Crippen LogP contribution in [0.2, 0.25) is 6.04 Å². The fourth-order valence-corrected chi connectivity index (χ4v) is 2.61. The molecule has 1 aromatic rings. The lowest BCUT2D eigenvalue weighted by Crippen LogP contribution is -1.85. The van der Waals surface area contributed by atoms with Crippen LogP contribution < -0.4 is 0 Å². The summed E-state index contributed by atoms with van der Waals surface area (Å²) in [5.41, 5.74) is 4.53. The van der Waals surface area contributed by atoms with Crippen LogP contribution in [0, 0.1) is 11.5 Å². The van der Waals surface area contributed by atoms with E-state index in [0.717, 1.165) is 0 Å². The summed E-state index contributed by atoms with van der Waals surface area (Å²) in [6.45, 7) is 2.26. The molecule has 0 aromatic heterocycles. The molecule has 0 N–H and O–H groups in total. The molecule has 0 aliphatic rings. The predicted octanol–water partition coefficient (Wildman–Crippen LogP) is 3.16. The van der Waals surface area contributed by atoms with Crippen molar-refractivity contribution in [1.29, 1.82) is 0 Å². The molecule has 0 heterocycles. The molecule has 0 atom stereocenters. The van der Waals surface area contributed by atoms with Gasteiger partial charge in [-0.1, -0.05) is 62.8 Å². The summed E-state index contributed by atoms with van der Waals surface area (Å²) in [6.07, 6.45) is 5.51. The van der Waals surface area contributed by atoms with Crippen LogP contribution in [0.5, 0.6) is 0 Å². The zero-order chi connectivity index (χ0) is 10.8. The lowest BCUT2D eigenvalue weighted by molar-refractivity contribution is 0.701. The van der Waals surface area contributed by atoms with Gasteiger partial charge in [-0.25, -0.2) is 0 Å². The van der Waals surface area contributed by atoms with Crippen LogP contribution in [0.1, 0.15) is 38.2 Å². The van der Waals surface area contributed by atoms with Crippen LogP contribution in [0.15, 0.2) is 30.3 Å². The van der Waals surface area contributed by atoms with E-state index >= 15 is 0 Å². The Kier molecular flexibility index (Phi) is 6.69. The first-order valence-electron chi connectivity index (χ1n) is 5.97. The highest BCUT2D eigenvalue weighted by Crippen LogP contribution is 2.01. The Hall–Kier alpha value is -1.00. The van der Waals surface area contributed by atoms with Crippen LogP contribution in [0.25, 0.3) is 0 Å². The summed E-state index contributed by atoms with van der Waals surface area (Å²) in [4.78, 5) is 0. The molecule has 0 saturated heterocycles. The molecule has 0 aliphatic heterocycles. The molecule has 1 heteroatoms. The molecule has 0 radical (unpaired) electrons. The van der Waals surface area contributed by atoms with Gasteiger partial charge in [-0.05, 0) is 12.1 Å². The Labute approximate surface area is 95.9 Å². The van der Waals surface area contributed by atoms with E-state index in [1.165, 1.54) is 37.3 Å². The van der Waals surface area contributed by atoms with E-state index in [9.17, 15) is 0 Å². The van der Waals surface area contributed by atoms with Gasteiger partial charge in [-0.3, -0.25) is 0 Å². The highest BCUT2D eigenvalue weighted by molar-refractivity contribution is 6.46. The quantitative estimate of drug-likeness (QED) is 0.403. The van der Waals surface area contributed by atoms with E-state index in [0.29, 0.717) is 0 Å². The molecule has 15 heavy (non-hydrogen) atoms. The Morgan fingerprint density at radius 3 is 2.60 bits per heavy atom. The van der Waals surface area contributed by atoms with E-state index < -0.39 is 0 Å². The predicted molar refractivity (Wildman–Crippen MR) is 70.8 cm³/mol. The molecule has 1 rings (SSSR count). The van der Waals surface area contributed by atoms with Crippen LogP contribution in [0.4, 0.5) is 0 Å². The zero-order valence-electron chi connectivity index (χ0n) is 9.63. The Morgan fingerprint density at radius 2 is 1.87 bits per heavy atom. The molecule has 0 aliphatic carbocycles. The summed E-state index contributed by atoms with van der Waals surface area (Å²) in [6, 6.07) is 11.7. The summed E-state index contributed by atoms with van der Waals surface area (Å²) < 4.78 is 0. The average molecular weight is 216 g/mol. The van der Waals surface area contributed by atoms with Crippen molar-refractivity contribution < 1.29 is 0 Å². The first-order valence-corrected chi connectivity index (χ1v) is 7.68. The van der Waals surface area contributed by atoms with Gasteiger partial charge < -0.3 is 0 Å². The average Bonchev–Trinajstić information content (AvgIpc) is 2.29. The summed E-state index contributed by atoms with van der Waals surface area (Å²) in [5.74, 6) is 3.25. The molecule has 0 unspecified atom stereocenters. The minimum atomic E-state index is -0.122. The van der Waals surface area contributed by atoms with Crippen molar-refractivity contribution >= 4 is 9.52 Å². The van der Waals surface area contributed by atoms with Gasteiger partial charge in [0, 0.05) is 5.56 Å². The second kappa shape index (κ2) is 8.32. The van der Waals surface area contributed by atoms with Crippen LogP contribution >= 0.6 is 0 Å². The maximum Gasteiger partial charge on any atom is 0.107 e. The molecule has 0 spiro atoms. The third-order valence-electron chi connectivity index (χ3n) is 2.41. The number of benzene rings is 1. The summed E-state index contributed by atoms with van der Waals surface area (Å²) in [7, 11) is -0.122. The van der Waals surface area contributed by atoms with E-state index in [-0.39, 0.29) is 9.52 Å². The normalized spacial score (nSPS) is 10.2. The largest absolute Gasteiger partial charge is 0.134 e. The van der Waals surface area contributed by atoms with Crippen molar-refractivity contribution in [1.82, 2.24) is 0 Å². The lowest BCUT2D eigenvalue weighted by atomic mass is 10.2. The molecular formula is C14H20Si. The van der Waals surface area contributed by atoms with Crippen molar-refractivity contribution in [3.63, 3.8) is 0 Å². The van der Waals surface area contributed by atoms with Crippen molar-refractivity contribution in [3.05, 3.63) is 35.9 Å². The van der Waals surface area contributed by atoms with E-state index in [1.54, 1.807) is 0 Å². The van der Waals surface area contributed by atoms with Crippen molar-refractivity contribution in [3.8, 4) is 11.5 Å². The third-order valence-corrected chi connectivity index (χ3v) is 3.69. The standard InChI is InChI=1S/C14H20Si/c1-2-3-4-8-12-15-13-11-14-9-6-5-7-10-14/h5-7,9-10H,2-4,8,12,15H2,1H3. The van der Waals surface area contributed by atoms with Crippen molar-refractivity contribution in [2.75, 3.05) is 0 Å². The molecule has 80 valence electrons. The highest BCUT2D eigenvalue weighted by Gasteiger charge is 1.87. The Morgan fingerprint density at radius 1 is 1.07 bits per heavy atom. The Bertz CT molecular complexity index is 305. The second-order valence-corrected chi connectivity index (χ2v) is 5.39. The zero-order valence-corrected chi connectivity index (χ0v) is 11.0. The first-order chi connectivity index (χ1) is 7.43. The molecule has 0 amide bonds.